The summed E-state index contributed by atoms with van der Waals surface area (Å²) in [5.74, 6) is 5.82. The van der Waals surface area contributed by atoms with E-state index in [0.29, 0.717) is 0 Å². The van der Waals surface area contributed by atoms with E-state index in [1.807, 2.05) is 111 Å². The second-order valence-corrected chi connectivity index (χ2v) is 42.6. The monoisotopic (exact) mass is 1910 g/mol. The summed E-state index contributed by atoms with van der Waals surface area (Å²) in [6.45, 7) is 32.0. The molecule has 0 saturated carbocycles. The van der Waals surface area contributed by atoms with Crippen molar-refractivity contribution in [3.8, 4) is 45.6 Å². The fourth-order valence-corrected chi connectivity index (χ4v) is 30.7. The molecule has 2 heterocycles. The number of rotatable bonds is 20. The van der Waals surface area contributed by atoms with E-state index in [9.17, 15) is 0 Å². The van der Waals surface area contributed by atoms with Gasteiger partial charge in [0.25, 0.3) is 0 Å². The molecule has 0 unspecified atom stereocenters. The fourth-order valence-electron chi connectivity index (χ4n) is 16.3. The van der Waals surface area contributed by atoms with Crippen molar-refractivity contribution in [3.63, 3.8) is 0 Å². The van der Waals surface area contributed by atoms with Gasteiger partial charge in [-0.05, 0) is 151 Å². The largest absolute Gasteiger partial charge is 0.456 e. The number of para-hydroxylation sites is 5. The maximum atomic E-state index is 7.29. The van der Waals surface area contributed by atoms with E-state index >= 15 is 0 Å². The molecular formula is C129H132O3P6. The topological polar surface area (TPSA) is 27.7 Å². The predicted molar refractivity (Wildman–Crippen MR) is 621 cm³/mol. The summed E-state index contributed by atoms with van der Waals surface area (Å²) in [7, 11) is -4.84. The lowest BCUT2D eigenvalue weighted by molar-refractivity contribution is 0.468. The highest BCUT2D eigenvalue weighted by Gasteiger charge is 2.34. The lowest BCUT2D eigenvalue weighted by atomic mass is 9.95. The minimum atomic E-state index is -0.846. The van der Waals surface area contributed by atoms with Gasteiger partial charge in [-0.2, -0.15) is 0 Å². The average Bonchev–Trinajstić information content (AvgIpc) is 0.727. The van der Waals surface area contributed by atoms with Crippen LogP contribution in [0, 0.1) is 0 Å². The van der Waals surface area contributed by atoms with E-state index in [1.54, 1.807) is 0 Å². The Morgan fingerprint density at radius 1 is 0.159 bits per heavy atom. The van der Waals surface area contributed by atoms with E-state index in [4.69, 9.17) is 14.2 Å². The third-order valence-corrected chi connectivity index (χ3v) is 36.6. The van der Waals surface area contributed by atoms with E-state index in [-0.39, 0.29) is 0 Å². The molecule has 0 aliphatic carbocycles. The van der Waals surface area contributed by atoms with Crippen LogP contribution in [-0.2, 0) is 6.42 Å². The van der Waals surface area contributed by atoms with Crippen LogP contribution in [0.5, 0.6) is 34.5 Å². The van der Waals surface area contributed by atoms with Crippen molar-refractivity contribution in [2.45, 2.75) is 117 Å². The summed E-state index contributed by atoms with van der Waals surface area (Å²) in [5.41, 5.74) is 4.91. The van der Waals surface area contributed by atoms with Crippen LogP contribution in [0.25, 0.3) is 21.9 Å². The molecule has 696 valence electrons. The fraction of sp³-hybridized carbons (Fsp3) is 0.132. The van der Waals surface area contributed by atoms with Crippen molar-refractivity contribution in [1.29, 1.82) is 0 Å². The van der Waals surface area contributed by atoms with Gasteiger partial charge in [0.1, 0.15) is 34.5 Å². The number of benzene rings is 19. The summed E-state index contributed by atoms with van der Waals surface area (Å²) in [6, 6.07) is 179. The quantitative estimate of drug-likeness (QED) is 0.0712. The molecule has 2 aliphatic rings. The van der Waals surface area contributed by atoms with Crippen molar-refractivity contribution in [2.75, 3.05) is 0 Å². The minimum Gasteiger partial charge on any atom is -0.456 e. The summed E-state index contributed by atoms with van der Waals surface area (Å²) < 4.78 is 21.3. The molecule has 19 aromatic carbocycles. The molecule has 2 aliphatic heterocycles. The van der Waals surface area contributed by atoms with Crippen LogP contribution in [-0.4, -0.2) is 0 Å². The minimum absolute atomic E-state index is 0.782. The Morgan fingerprint density at radius 2 is 0.355 bits per heavy atom. The highest BCUT2D eigenvalue weighted by atomic mass is 31.1. The highest BCUT2D eigenvalue weighted by molar-refractivity contribution is 7.82. The lowest BCUT2D eigenvalue weighted by Crippen LogP contribution is -2.26. The van der Waals surface area contributed by atoms with Crippen LogP contribution < -0.4 is 110 Å². The van der Waals surface area contributed by atoms with Crippen molar-refractivity contribution < 1.29 is 14.2 Å². The van der Waals surface area contributed by atoms with Gasteiger partial charge < -0.3 is 14.2 Å². The number of hydrogen-bond donors (Lipinski definition) is 0. The standard InChI is InChI=1S/C40H28OP2.C37H28OP2.C36H28OP2.8C2H6/c1-5-16-30(17-6-1)42(31-18-7-2-8-19-31)36-26-14-25-35-34-24-13-15-29-27-28-37(40(38(29)34)41-39(35)36)43(32-20-9-3-10-21-32)33-22-11-4-12-23-33;1-5-17-30(18-6-1)39(31-19-7-2-8-20-31)34-25-13-15-28-27-29-16-14-26-35(37(29)38-36(28)34)40(32-21-9-3-10-22-32)33-23-11-4-12-24-33;1-5-17-29(18-6-1)38(30-19-7-2-8-20-30)35-27-15-13-25-33(35)37-34-26-14-16-28-36(34)39(31-21-9-3-10-22-31)32-23-11-4-12-24-32;8*1-2/h1-28H;1-26H,27H2;1-28H;8*1-2H3. The first kappa shape index (κ1) is 106. The summed E-state index contributed by atoms with van der Waals surface area (Å²) >= 11 is 0. The molecule has 0 fully saturated rings. The first-order valence-electron chi connectivity index (χ1n) is 49.2. The van der Waals surface area contributed by atoms with Gasteiger partial charge in [-0.15, -0.1) is 0 Å². The second kappa shape index (κ2) is 57.6. The van der Waals surface area contributed by atoms with Crippen LogP contribution >= 0.6 is 47.5 Å². The molecule has 19 aromatic rings. The maximum Gasteiger partial charge on any atom is 0.144 e. The van der Waals surface area contributed by atoms with Gasteiger partial charge in [-0.1, -0.05) is 590 Å². The van der Waals surface area contributed by atoms with Crippen LogP contribution in [0.1, 0.15) is 122 Å². The van der Waals surface area contributed by atoms with E-state index in [2.05, 4.69) is 497 Å². The zero-order valence-electron chi connectivity index (χ0n) is 83.0. The summed E-state index contributed by atoms with van der Waals surface area (Å²) in [5, 5.41) is 25.7. The van der Waals surface area contributed by atoms with Gasteiger partial charge in [-0.3, -0.25) is 0 Å². The third-order valence-electron chi connectivity index (χ3n) is 21.8. The second-order valence-electron chi connectivity index (χ2n) is 29.5. The molecule has 0 radical (unpaired) electrons. The molecule has 0 atom stereocenters. The first-order valence-corrected chi connectivity index (χ1v) is 57.2. The molecule has 0 saturated heterocycles. The number of fused-ring (bicyclic) bond motifs is 4. The molecule has 0 N–H and O–H groups in total. The normalized spacial score (nSPS) is 10.7. The van der Waals surface area contributed by atoms with Crippen LogP contribution in [0.4, 0.5) is 0 Å². The molecule has 138 heavy (non-hydrogen) atoms. The van der Waals surface area contributed by atoms with Gasteiger partial charge >= 0.3 is 0 Å². The van der Waals surface area contributed by atoms with Crippen LogP contribution in [0.15, 0.2) is 497 Å². The van der Waals surface area contributed by atoms with E-state index < -0.39 is 47.5 Å². The Hall–Kier alpha value is -12.6. The molecule has 0 bridgehead atoms. The van der Waals surface area contributed by atoms with Gasteiger partial charge in [0.2, 0.25) is 0 Å². The van der Waals surface area contributed by atoms with Crippen LogP contribution in [0.3, 0.4) is 0 Å². The Balaban J connectivity index is 0.000000185. The van der Waals surface area contributed by atoms with Crippen molar-refractivity contribution in [2.24, 2.45) is 0 Å². The Morgan fingerprint density at radius 3 is 0.623 bits per heavy atom. The maximum absolute atomic E-state index is 7.29. The average molecular weight is 1920 g/mol. The summed E-state index contributed by atoms with van der Waals surface area (Å²) in [4.78, 5) is 0. The first-order chi connectivity index (χ1) is 68.6. The number of hydrogen-bond acceptors (Lipinski definition) is 3. The van der Waals surface area contributed by atoms with Crippen molar-refractivity contribution in [1.82, 2.24) is 0 Å². The Labute approximate surface area is 833 Å². The summed E-state index contributed by atoms with van der Waals surface area (Å²) in [6.07, 6.45) is 0.867. The highest BCUT2D eigenvalue weighted by Crippen LogP contribution is 2.53. The van der Waals surface area contributed by atoms with Gasteiger partial charge in [0.05, 0.1) is 0 Å². The SMILES string of the molecule is CC.CC.CC.CC.CC.CC.CC.CC.c1ccc(P(c2ccccc2)c2cccc3c2Oc2c(P(c4ccccc4)c4ccccc4)ccc4cccc-3c24)cc1.c1ccc(P(c2ccccc2)c2cccc3c2Oc2c(cccc2P(c2ccccc2)c2ccccc2)C3)cc1.c1ccc(P(c2ccccc2)c2ccccc2Oc2ccccc2P(c2ccccc2)c2ccccc2)cc1. The Kier molecular flexibility index (Phi) is 44.2. The smallest absolute Gasteiger partial charge is 0.144 e. The van der Waals surface area contributed by atoms with Gasteiger partial charge in [0.15, 0.2) is 0 Å². The molecular weight excluding hydrogens is 1780 g/mol. The molecule has 9 heteroatoms. The molecule has 0 spiro atoms. The lowest BCUT2D eigenvalue weighted by Gasteiger charge is -2.30. The van der Waals surface area contributed by atoms with Gasteiger partial charge in [-0.25, -0.2) is 0 Å². The molecule has 3 nitrogen and oxygen atoms in total. The molecule has 0 amide bonds. The van der Waals surface area contributed by atoms with Crippen molar-refractivity contribution >= 4 is 154 Å². The van der Waals surface area contributed by atoms with Crippen molar-refractivity contribution in [3.05, 3.63) is 509 Å². The molecule has 21 rings (SSSR count). The zero-order valence-corrected chi connectivity index (χ0v) is 88.3. The Bertz CT molecular complexity index is 6200. The predicted octanol–water partition coefficient (Wildman–Crippen LogP) is 30.2. The van der Waals surface area contributed by atoms with Crippen LogP contribution in [0.2, 0.25) is 0 Å². The molecule has 0 aromatic heterocycles. The third kappa shape index (κ3) is 26.1. The number of ether oxygens (including phenoxy) is 3. The van der Waals surface area contributed by atoms with E-state index in [0.717, 1.165) is 46.5 Å². The zero-order chi connectivity index (χ0) is 97.6. The van der Waals surface area contributed by atoms with Gasteiger partial charge in [0, 0.05) is 49.2 Å². The van der Waals surface area contributed by atoms with E-state index in [1.165, 1.54) is 123 Å².